The summed E-state index contributed by atoms with van der Waals surface area (Å²) in [5, 5.41) is 13.9. The van der Waals surface area contributed by atoms with E-state index in [0.717, 1.165) is 33.1 Å². The molecule has 4 aromatic rings. The number of hydrogen-bond donors (Lipinski definition) is 2. The van der Waals surface area contributed by atoms with Crippen LogP contribution in [-0.2, 0) is 10.5 Å². The lowest BCUT2D eigenvalue weighted by molar-refractivity contribution is -0.113. The van der Waals surface area contributed by atoms with Crippen molar-refractivity contribution in [3.05, 3.63) is 98.9 Å². The molecule has 34 heavy (non-hydrogen) atoms. The zero-order valence-corrected chi connectivity index (χ0v) is 20.8. The van der Waals surface area contributed by atoms with Gasteiger partial charge in [0.2, 0.25) is 11.1 Å². The fraction of sp³-hybridized carbons (Fsp3) is 0.192. The summed E-state index contributed by atoms with van der Waals surface area (Å²) in [6.45, 7) is 5.97. The van der Waals surface area contributed by atoms with Crippen LogP contribution in [0.15, 0.2) is 82.5 Å². The van der Waals surface area contributed by atoms with E-state index in [4.69, 9.17) is 10.1 Å². The van der Waals surface area contributed by atoms with Crippen LogP contribution in [0, 0.1) is 13.8 Å². The lowest BCUT2D eigenvalue weighted by Crippen LogP contribution is -2.31. The predicted molar refractivity (Wildman–Crippen MR) is 139 cm³/mol. The number of allylic oxidation sites excluding steroid dienone is 1. The van der Waals surface area contributed by atoms with Crippen molar-refractivity contribution in [2.24, 2.45) is 0 Å². The number of thioether (sulfide) groups is 1. The second-order valence-corrected chi connectivity index (χ2v) is 10.2. The van der Waals surface area contributed by atoms with Crippen molar-refractivity contribution in [3.8, 4) is 0 Å². The van der Waals surface area contributed by atoms with Gasteiger partial charge in [-0.05, 0) is 49.4 Å². The van der Waals surface area contributed by atoms with E-state index in [1.165, 1.54) is 5.56 Å². The first kappa shape index (κ1) is 22.4. The third-order valence-corrected chi connectivity index (χ3v) is 7.56. The summed E-state index contributed by atoms with van der Waals surface area (Å²) in [5.41, 5.74) is 5.63. The molecule has 2 N–H and O–H groups in total. The van der Waals surface area contributed by atoms with Crippen LogP contribution >= 0.6 is 23.1 Å². The topological polar surface area (TPSA) is 71.8 Å². The Morgan fingerprint density at radius 1 is 1.12 bits per heavy atom. The largest absolute Gasteiger partial charge is 0.328 e. The van der Waals surface area contributed by atoms with Crippen molar-refractivity contribution in [3.63, 3.8) is 0 Å². The fourth-order valence-corrected chi connectivity index (χ4v) is 5.67. The van der Waals surface area contributed by atoms with Crippen molar-refractivity contribution in [1.29, 1.82) is 0 Å². The van der Waals surface area contributed by atoms with Gasteiger partial charge in [-0.25, -0.2) is 4.68 Å². The average molecular weight is 488 g/mol. The van der Waals surface area contributed by atoms with Gasteiger partial charge in [0.25, 0.3) is 5.91 Å². The quantitative estimate of drug-likeness (QED) is 0.318. The smallest absolute Gasteiger partial charge is 0.255 e. The molecule has 0 fully saturated rings. The Balaban J connectivity index is 1.46. The van der Waals surface area contributed by atoms with Crippen LogP contribution in [0.3, 0.4) is 0 Å². The van der Waals surface area contributed by atoms with E-state index in [1.54, 1.807) is 23.1 Å². The van der Waals surface area contributed by atoms with E-state index in [9.17, 15) is 4.79 Å². The Labute approximate surface area is 207 Å². The van der Waals surface area contributed by atoms with Gasteiger partial charge in [0.05, 0.1) is 5.57 Å². The minimum atomic E-state index is -0.347. The Morgan fingerprint density at radius 3 is 2.68 bits per heavy atom. The Hall–Kier alpha value is -3.36. The minimum absolute atomic E-state index is 0.144. The normalized spacial score (nSPS) is 15.1. The fourth-order valence-electron chi connectivity index (χ4n) is 4.06. The van der Waals surface area contributed by atoms with E-state index in [1.807, 2.05) is 73.3 Å². The van der Waals surface area contributed by atoms with Gasteiger partial charge in [0.1, 0.15) is 6.04 Å². The summed E-state index contributed by atoms with van der Waals surface area (Å²) < 4.78 is 1.84. The number of carbonyl (C=O) groups excluding carboxylic acids is 1. The molecule has 2 aromatic carbocycles. The van der Waals surface area contributed by atoms with Crippen LogP contribution < -0.4 is 10.6 Å². The molecule has 1 amide bonds. The number of amides is 1. The van der Waals surface area contributed by atoms with Gasteiger partial charge in [0.15, 0.2) is 0 Å². The van der Waals surface area contributed by atoms with E-state index in [2.05, 4.69) is 28.8 Å². The maximum absolute atomic E-state index is 13.6. The molecule has 1 aliphatic rings. The molecule has 0 radical (unpaired) electrons. The molecule has 1 aliphatic heterocycles. The van der Waals surface area contributed by atoms with Gasteiger partial charge in [-0.2, -0.15) is 4.98 Å². The first-order valence-electron chi connectivity index (χ1n) is 11.0. The lowest BCUT2D eigenvalue weighted by atomic mass is 10.0. The van der Waals surface area contributed by atoms with E-state index < -0.39 is 0 Å². The number of carbonyl (C=O) groups is 1. The monoisotopic (exact) mass is 487 g/mol. The average Bonchev–Trinajstić information content (AvgIpc) is 3.49. The maximum Gasteiger partial charge on any atom is 0.255 e. The summed E-state index contributed by atoms with van der Waals surface area (Å²) in [7, 11) is 0. The van der Waals surface area contributed by atoms with Gasteiger partial charge >= 0.3 is 0 Å². The molecule has 5 rings (SSSR count). The number of hydrogen-bond acceptors (Lipinski definition) is 6. The van der Waals surface area contributed by atoms with Crippen molar-refractivity contribution in [2.45, 2.75) is 37.7 Å². The first-order chi connectivity index (χ1) is 16.5. The molecule has 172 valence electrons. The van der Waals surface area contributed by atoms with Crippen LogP contribution in [-0.4, -0.2) is 20.7 Å². The second kappa shape index (κ2) is 9.48. The third kappa shape index (κ3) is 4.51. The molecule has 3 heterocycles. The predicted octanol–water partition coefficient (Wildman–Crippen LogP) is 6.18. The van der Waals surface area contributed by atoms with Crippen molar-refractivity contribution < 1.29 is 4.79 Å². The molecule has 8 heteroatoms. The summed E-state index contributed by atoms with van der Waals surface area (Å²) >= 11 is 3.19. The van der Waals surface area contributed by atoms with Gasteiger partial charge in [0, 0.05) is 22.0 Å². The van der Waals surface area contributed by atoms with Gasteiger partial charge in [-0.1, -0.05) is 65.9 Å². The molecule has 0 unspecified atom stereocenters. The van der Waals surface area contributed by atoms with E-state index in [-0.39, 0.29) is 11.9 Å². The Kier molecular flexibility index (Phi) is 6.26. The highest BCUT2D eigenvalue weighted by molar-refractivity contribution is 7.98. The van der Waals surface area contributed by atoms with Crippen LogP contribution in [0.2, 0.25) is 0 Å². The summed E-state index contributed by atoms with van der Waals surface area (Å²) in [6, 6.07) is 20.0. The van der Waals surface area contributed by atoms with Crippen molar-refractivity contribution in [2.75, 3.05) is 10.6 Å². The van der Waals surface area contributed by atoms with Gasteiger partial charge in [-0.3, -0.25) is 4.79 Å². The number of nitrogens with zero attached hydrogens (tertiary/aromatic N) is 3. The van der Waals surface area contributed by atoms with Crippen LogP contribution in [0.1, 0.15) is 34.5 Å². The SMILES string of the molecule is CC1=C(C(=O)Nc2ccc(C)cc2C)[C@@H](c2cccs2)n2nc(SCc3ccccc3)nc2N1. The molecule has 1 atom stereocenters. The molecule has 6 nitrogen and oxygen atoms in total. The minimum Gasteiger partial charge on any atom is -0.328 e. The van der Waals surface area contributed by atoms with Gasteiger partial charge in [-0.15, -0.1) is 16.4 Å². The number of anilines is 2. The van der Waals surface area contributed by atoms with E-state index >= 15 is 0 Å². The number of benzene rings is 2. The lowest BCUT2D eigenvalue weighted by Gasteiger charge is -2.27. The highest BCUT2D eigenvalue weighted by atomic mass is 32.2. The summed E-state index contributed by atoms with van der Waals surface area (Å²) in [6.07, 6.45) is 0. The van der Waals surface area contributed by atoms with Gasteiger partial charge < -0.3 is 10.6 Å². The molecule has 2 aromatic heterocycles. The maximum atomic E-state index is 13.6. The van der Waals surface area contributed by atoms with Crippen molar-refractivity contribution >= 4 is 40.6 Å². The van der Waals surface area contributed by atoms with E-state index in [0.29, 0.717) is 16.7 Å². The number of rotatable bonds is 6. The molecule has 0 saturated heterocycles. The number of aryl methyl sites for hydroxylation is 2. The number of aromatic nitrogens is 3. The first-order valence-corrected chi connectivity index (χ1v) is 12.9. The zero-order chi connectivity index (χ0) is 23.7. The number of fused-ring (bicyclic) bond motifs is 1. The Bertz CT molecular complexity index is 1360. The highest BCUT2D eigenvalue weighted by Gasteiger charge is 2.35. The molecular formula is C26H25N5OS2. The van der Waals surface area contributed by atoms with Crippen molar-refractivity contribution in [1.82, 2.24) is 14.8 Å². The highest BCUT2D eigenvalue weighted by Crippen LogP contribution is 2.38. The molecular weight excluding hydrogens is 462 g/mol. The number of thiophene rings is 1. The standard InChI is InChI=1S/C26H25N5OS2/c1-16-11-12-20(17(2)14-16)28-24(32)22-18(3)27-25-29-26(34-15-19-8-5-4-6-9-19)30-31(25)23(22)21-10-7-13-33-21/h4-14,23H,15H2,1-3H3,(H,28,32)(H,27,29,30)/t23-/m1/s1. The molecule has 0 bridgehead atoms. The second-order valence-electron chi connectivity index (χ2n) is 8.29. The number of nitrogens with one attached hydrogen (secondary N) is 2. The Morgan fingerprint density at radius 2 is 1.94 bits per heavy atom. The zero-order valence-electron chi connectivity index (χ0n) is 19.2. The summed E-state index contributed by atoms with van der Waals surface area (Å²) in [4.78, 5) is 19.3. The molecule has 0 spiro atoms. The van der Waals surface area contributed by atoms with Crippen LogP contribution in [0.25, 0.3) is 0 Å². The van der Waals surface area contributed by atoms with Crippen LogP contribution in [0.5, 0.6) is 0 Å². The molecule has 0 aliphatic carbocycles. The summed E-state index contributed by atoms with van der Waals surface area (Å²) in [5.74, 6) is 1.28. The molecule has 0 saturated carbocycles. The third-order valence-electron chi connectivity index (χ3n) is 5.73. The van der Waals surface area contributed by atoms with Crippen LogP contribution in [0.4, 0.5) is 11.6 Å².